The number of rotatable bonds is 3. The van der Waals surface area contributed by atoms with Crippen LogP contribution < -0.4 is 0 Å². The molecule has 0 saturated heterocycles. The van der Waals surface area contributed by atoms with E-state index in [0.29, 0.717) is 21.7 Å². The van der Waals surface area contributed by atoms with Crippen LogP contribution in [-0.2, 0) is 0 Å². The number of hydrogen-bond acceptors (Lipinski definition) is 0. The summed E-state index contributed by atoms with van der Waals surface area (Å²) in [5, 5.41) is 0. The third kappa shape index (κ3) is 3.73. The standard InChI is InChI=1S/C28H52/c1-10-13-20(2)27(8)16-11-14-23-21(18-27)22-19-28(9,25(3,4)5)17-12-15-24(22)26(23,6)7/h20-24H,10-19H2,1-9H3. The van der Waals surface area contributed by atoms with Gasteiger partial charge in [0.15, 0.2) is 0 Å². The fourth-order valence-corrected chi connectivity index (χ4v) is 8.35. The molecule has 3 rings (SSSR count). The lowest BCUT2D eigenvalue weighted by molar-refractivity contribution is 0.0422. The molecule has 28 heavy (non-hydrogen) atoms. The monoisotopic (exact) mass is 388 g/mol. The van der Waals surface area contributed by atoms with Gasteiger partial charge in [-0.1, -0.05) is 88.0 Å². The van der Waals surface area contributed by atoms with Gasteiger partial charge in [-0.2, -0.15) is 0 Å². The molecule has 0 heteroatoms. The van der Waals surface area contributed by atoms with E-state index in [0.717, 1.165) is 29.6 Å². The van der Waals surface area contributed by atoms with Crippen LogP contribution >= 0.6 is 0 Å². The lowest BCUT2D eigenvalue weighted by Crippen LogP contribution is -2.37. The van der Waals surface area contributed by atoms with Crippen LogP contribution in [0.25, 0.3) is 0 Å². The first kappa shape index (κ1) is 22.7. The zero-order chi connectivity index (χ0) is 21.0. The summed E-state index contributed by atoms with van der Waals surface area (Å²) in [6, 6.07) is 0. The van der Waals surface area contributed by atoms with E-state index in [4.69, 9.17) is 0 Å². The molecule has 0 spiro atoms. The lowest BCUT2D eigenvalue weighted by atomic mass is 9.60. The highest BCUT2D eigenvalue weighted by Gasteiger charge is 2.59. The Kier molecular flexibility index (Phi) is 6.16. The third-order valence-electron chi connectivity index (χ3n) is 11.1. The Balaban J connectivity index is 1.96. The fraction of sp³-hybridized carbons (Fsp3) is 1.00. The first-order valence-corrected chi connectivity index (χ1v) is 12.9. The van der Waals surface area contributed by atoms with Crippen molar-refractivity contribution in [2.75, 3.05) is 0 Å². The lowest BCUT2D eigenvalue weighted by Gasteiger charge is -2.45. The minimum Gasteiger partial charge on any atom is -0.0654 e. The zero-order valence-electron chi connectivity index (χ0n) is 21.0. The average Bonchev–Trinajstić information content (AvgIpc) is 2.79. The molecule has 0 aromatic carbocycles. The van der Waals surface area contributed by atoms with Crippen molar-refractivity contribution in [1.82, 2.24) is 0 Å². The molecule has 0 radical (unpaired) electrons. The van der Waals surface area contributed by atoms with Crippen molar-refractivity contribution in [1.29, 1.82) is 0 Å². The Hall–Kier alpha value is 0. The second kappa shape index (κ2) is 7.60. The first-order valence-electron chi connectivity index (χ1n) is 12.9. The van der Waals surface area contributed by atoms with E-state index in [1.54, 1.807) is 0 Å². The molecule has 7 unspecified atom stereocenters. The van der Waals surface area contributed by atoms with E-state index in [-0.39, 0.29) is 0 Å². The topological polar surface area (TPSA) is 0 Å². The van der Waals surface area contributed by atoms with Crippen LogP contribution in [-0.4, -0.2) is 0 Å². The summed E-state index contributed by atoms with van der Waals surface area (Å²) in [6.07, 6.45) is 14.6. The van der Waals surface area contributed by atoms with Gasteiger partial charge >= 0.3 is 0 Å². The van der Waals surface area contributed by atoms with Gasteiger partial charge in [0.25, 0.3) is 0 Å². The van der Waals surface area contributed by atoms with Crippen molar-refractivity contribution in [3.05, 3.63) is 0 Å². The molecule has 3 aliphatic carbocycles. The molecule has 0 bridgehead atoms. The van der Waals surface area contributed by atoms with Crippen molar-refractivity contribution in [2.24, 2.45) is 51.2 Å². The van der Waals surface area contributed by atoms with Gasteiger partial charge in [-0.25, -0.2) is 0 Å². The largest absolute Gasteiger partial charge is 0.0654 e. The molecular formula is C28H52. The highest BCUT2D eigenvalue weighted by atomic mass is 14.6. The second-order valence-corrected chi connectivity index (χ2v) is 13.7. The molecule has 7 atom stereocenters. The second-order valence-electron chi connectivity index (χ2n) is 13.7. The number of fused-ring (bicyclic) bond motifs is 3. The summed E-state index contributed by atoms with van der Waals surface area (Å²) in [5.41, 5.74) is 2.06. The van der Waals surface area contributed by atoms with E-state index < -0.39 is 0 Å². The smallest absolute Gasteiger partial charge is 0.0274 e. The quantitative estimate of drug-likeness (QED) is 0.452. The molecular weight excluding hydrogens is 336 g/mol. The SMILES string of the molecule is CCCC(C)C1(C)CCCC2C(C1)C1CC(C)(C(C)(C)C)CCCC1C2(C)C. The Bertz CT molecular complexity index is 537. The molecule has 0 aromatic rings. The molecule has 0 heterocycles. The molecule has 0 amide bonds. The van der Waals surface area contributed by atoms with Crippen molar-refractivity contribution in [3.63, 3.8) is 0 Å². The molecule has 3 saturated carbocycles. The third-order valence-corrected chi connectivity index (χ3v) is 11.1. The predicted octanol–water partition coefficient (Wildman–Crippen LogP) is 9.13. The highest BCUT2D eigenvalue weighted by molar-refractivity contribution is 5.08. The van der Waals surface area contributed by atoms with Crippen molar-refractivity contribution in [2.45, 2.75) is 127 Å². The van der Waals surface area contributed by atoms with Crippen LogP contribution in [0.15, 0.2) is 0 Å². The first-order chi connectivity index (χ1) is 12.9. The van der Waals surface area contributed by atoms with Gasteiger partial charge in [0.1, 0.15) is 0 Å². The summed E-state index contributed by atoms with van der Waals surface area (Å²) in [6.45, 7) is 23.2. The van der Waals surface area contributed by atoms with Crippen LogP contribution in [0.5, 0.6) is 0 Å². The maximum Gasteiger partial charge on any atom is -0.0274 e. The fourth-order valence-electron chi connectivity index (χ4n) is 8.35. The van der Waals surface area contributed by atoms with E-state index in [1.165, 1.54) is 64.2 Å². The summed E-state index contributed by atoms with van der Waals surface area (Å²) in [7, 11) is 0. The minimum absolute atomic E-state index is 0.424. The maximum absolute atomic E-state index is 2.68. The van der Waals surface area contributed by atoms with Gasteiger partial charge in [0.2, 0.25) is 0 Å². The molecule has 0 N–H and O–H groups in total. The van der Waals surface area contributed by atoms with Crippen LogP contribution in [0.3, 0.4) is 0 Å². The normalized spacial score (nSPS) is 44.9. The van der Waals surface area contributed by atoms with Crippen molar-refractivity contribution in [3.8, 4) is 0 Å². The molecule has 0 aromatic heterocycles. The van der Waals surface area contributed by atoms with E-state index in [2.05, 4.69) is 62.3 Å². The molecule has 0 nitrogen and oxygen atoms in total. The maximum atomic E-state index is 2.68. The Labute approximate surface area is 178 Å². The Morgan fingerprint density at radius 3 is 1.93 bits per heavy atom. The summed E-state index contributed by atoms with van der Waals surface area (Å²) < 4.78 is 0. The molecule has 0 aliphatic heterocycles. The Morgan fingerprint density at radius 1 is 0.857 bits per heavy atom. The van der Waals surface area contributed by atoms with Crippen molar-refractivity contribution < 1.29 is 0 Å². The van der Waals surface area contributed by atoms with Gasteiger partial charge in [-0.05, 0) is 89.8 Å². The van der Waals surface area contributed by atoms with E-state index in [1.807, 2.05) is 0 Å². The van der Waals surface area contributed by atoms with Gasteiger partial charge in [-0.3, -0.25) is 0 Å². The van der Waals surface area contributed by atoms with Gasteiger partial charge in [-0.15, -0.1) is 0 Å². The highest BCUT2D eigenvalue weighted by Crippen LogP contribution is 2.67. The van der Waals surface area contributed by atoms with Gasteiger partial charge in [0.05, 0.1) is 0 Å². The van der Waals surface area contributed by atoms with E-state index >= 15 is 0 Å². The summed E-state index contributed by atoms with van der Waals surface area (Å²) in [5.74, 6) is 4.78. The van der Waals surface area contributed by atoms with E-state index in [9.17, 15) is 0 Å². The summed E-state index contributed by atoms with van der Waals surface area (Å²) >= 11 is 0. The minimum atomic E-state index is 0.424. The number of hydrogen-bond donors (Lipinski definition) is 0. The molecule has 3 aliphatic rings. The van der Waals surface area contributed by atoms with Crippen molar-refractivity contribution >= 4 is 0 Å². The van der Waals surface area contributed by atoms with Gasteiger partial charge in [0, 0.05) is 0 Å². The van der Waals surface area contributed by atoms with Crippen LogP contribution in [0.2, 0.25) is 0 Å². The Morgan fingerprint density at radius 2 is 1.39 bits per heavy atom. The van der Waals surface area contributed by atoms with Crippen LogP contribution in [0, 0.1) is 51.2 Å². The van der Waals surface area contributed by atoms with Crippen LogP contribution in [0.4, 0.5) is 0 Å². The van der Waals surface area contributed by atoms with Crippen LogP contribution in [0.1, 0.15) is 127 Å². The average molecular weight is 389 g/mol. The summed E-state index contributed by atoms with van der Waals surface area (Å²) in [4.78, 5) is 0. The zero-order valence-corrected chi connectivity index (χ0v) is 21.0. The predicted molar refractivity (Wildman–Crippen MR) is 124 cm³/mol. The molecule has 164 valence electrons. The molecule has 3 fully saturated rings. The van der Waals surface area contributed by atoms with Gasteiger partial charge < -0.3 is 0 Å².